The molecule has 2 aromatic rings. The average molecular weight is 244 g/mol. The molecule has 4 nitrogen and oxygen atoms in total. The summed E-state index contributed by atoms with van der Waals surface area (Å²) in [5.74, 6) is 0.274. The van der Waals surface area contributed by atoms with Gasteiger partial charge in [0.25, 0.3) is 5.56 Å². The van der Waals surface area contributed by atoms with Crippen molar-refractivity contribution in [3.63, 3.8) is 0 Å². The lowest BCUT2D eigenvalue weighted by atomic mass is 10.3. The van der Waals surface area contributed by atoms with Crippen molar-refractivity contribution in [2.75, 3.05) is 5.73 Å². The topological polar surface area (TPSA) is 63.8 Å². The van der Waals surface area contributed by atoms with Gasteiger partial charge in [-0.2, -0.15) is 0 Å². The minimum atomic E-state index is -0.281. The highest BCUT2D eigenvalue weighted by atomic mass is 35.5. The number of benzene rings is 1. The second-order valence-electron chi connectivity index (χ2n) is 2.96. The van der Waals surface area contributed by atoms with Gasteiger partial charge >= 0.3 is 0 Å². The highest BCUT2D eigenvalue weighted by Crippen LogP contribution is 2.27. The van der Waals surface area contributed by atoms with E-state index in [1.165, 1.54) is 10.7 Å². The number of nitrogens with zero attached hydrogens (tertiary/aromatic N) is 1. The summed E-state index contributed by atoms with van der Waals surface area (Å²) in [6.07, 6.45) is 0. The SMILES string of the molecule is Nc1cc(=O)n(-c2cccc(Cl)c2Cl)[nH]1. The van der Waals surface area contributed by atoms with Crippen molar-refractivity contribution < 1.29 is 0 Å². The van der Waals surface area contributed by atoms with Crippen LogP contribution in [0.2, 0.25) is 10.0 Å². The molecule has 0 atom stereocenters. The lowest BCUT2D eigenvalue weighted by Crippen LogP contribution is -2.13. The third-order valence-electron chi connectivity index (χ3n) is 1.91. The number of hydrogen-bond donors (Lipinski definition) is 2. The van der Waals surface area contributed by atoms with E-state index in [2.05, 4.69) is 5.10 Å². The van der Waals surface area contributed by atoms with Gasteiger partial charge in [0, 0.05) is 6.07 Å². The number of aromatic amines is 1. The summed E-state index contributed by atoms with van der Waals surface area (Å²) in [4.78, 5) is 11.5. The highest BCUT2D eigenvalue weighted by molar-refractivity contribution is 6.43. The molecule has 0 aliphatic rings. The van der Waals surface area contributed by atoms with E-state index in [0.29, 0.717) is 15.7 Å². The van der Waals surface area contributed by atoms with Crippen molar-refractivity contribution in [3.05, 3.63) is 44.7 Å². The summed E-state index contributed by atoms with van der Waals surface area (Å²) < 4.78 is 1.24. The minimum absolute atomic E-state index is 0.274. The predicted octanol–water partition coefficient (Wildman–Crippen LogP) is 2.05. The van der Waals surface area contributed by atoms with Gasteiger partial charge in [-0.15, -0.1) is 0 Å². The Morgan fingerprint density at radius 3 is 2.67 bits per heavy atom. The molecule has 0 amide bonds. The maximum atomic E-state index is 11.5. The van der Waals surface area contributed by atoms with Crippen molar-refractivity contribution in [2.24, 2.45) is 0 Å². The van der Waals surface area contributed by atoms with Gasteiger partial charge in [-0.25, -0.2) is 4.68 Å². The molecule has 1 heterocycles. The molecule has 0 saturated carbocycles. The standard InChI is InChI=1S/C9H7Cl2N3O/c10-5-2-1-3-6(9(5)11)14-8(15)4-7(12)13-14/h1-4,13H,12H2. The zero-order valence-corrected chi connectivity index (χ0v) is 9.01. The van der Waals surface area contributed by atoms with E-state index < -0.39 is 0 Å². The molecule has 0 aliphatic heterocycles. The number of rotatable bonds is 1. The third kappa shape index (κ3) is 1.73. The van der Waals surface area contributed by atoms with E-state index in [1.54, 1.807) is 18.2 Å². The van der Waals surface area contributed by atoms with Crippen LogP contribution in [-0.4, -0.2) is 9.78 Å². The molecule has 0 unspecified atom stereocenters. The Hall–Kier alpha value is -1.39. The molecule has 0 radical (unpaired) electrons. The van der Waals surface area contributed by atoms with Crippen molar-refractivity contribution in [2.45, 2.75) is 0 Å². The Morgan fingerprint density at radius 2 is 2.07 bits per heavy atom. The molecule has 6 heteroatoms. The van der Waals surface area contributed by atoms with E-state index >= 15 is 0 Å². The van der Waals surface area contributed by atoms with Crippen LogP contribution in [0, 0.1) is 0 Å². The Labute approximate surface area is 95.2 Å². The number of anilines is 1. The van der Waals surface area contributed by atoms with Crippen LogP contribution < -0.4 is 11.3 Å². The summed E-state index contributed by atoms with van der Waals surface area (Å²) in [5, 5.41) is 3.36. The Bertz CT molecular complexity index is 559. The zero-order chi connectivity index (χ0) is 11.0. The fraction of sp³-hybridized carbons (Fsp3) is 0. The summed E-state index contributed by atoms with van der Waals surface area (Å²) in [7, 11) is 0. The fourth-order valence-electron chi connectivity index (χ4n) is 1.26. The molecule has 15 heavy (non-hydrogen) atoms. The van der Waals surface area contributed by atoms with E-state index in [4.69, 9.17) is 28.9 Å². The molecule has 0 bridgehead atoms. The normalized spacial score (nSPS) is 10.5. The minimum Gasteiger partial charge on any atom is -0.384 e. The third-order valence-corrected chi connectivity index (χ3v) is 2.72. The number of halogens is 2. The summed E-state index contributed by atoms with van der Waals surface area (Å²) in [6, 6.07) is 6.29. The van der Waals surface area contributed by atoms with Crippen molar-refractivity contribution in [1.82, 2.24) is 9.78 Å². The Morgan fingerprint density at radius 1 is 1.33 bits per heavy atom. The number of nitrogens with one attached hydrogen (secondary N) is 1. The number of hydrogen-bond acceptors (Lipinski definition) is 2. The van der Waals surface area contributed by atoms with Gasteiger partial charge in [0.2, 0.25) is 0 Å². The fourth-order valence-corrected chi connectivity index (χ4v) is 1.64. The molecular weight excluding hydrogens is 237 g/mol. The lowest BCUT2D eigenvalue weighted by Gasteiger charge is -2.05. The molecule has 1 aromatic heterocycles. The monoisotopic (exact) mass is 243 g/mol. The summed E-state index contributed by atoms with van der Waals surface area (Å²) in [6.45, 7) is 0. The smallest absolute Gasteiger partial charge is 0.273 e. The first kappa shape index (κ1) is 10.1. The molecule has 0 fully saturated rings. The van der Waals surface area contributed by atoms with Gasteiger partial charge < -0.3 is 5.73 Å². The molecule has 1 aromatic carbocycles. The average Bonchev–Trinajstić information content (AvgIpc) is 2.50. The van der Waals surface area contributed by atoms with E-state index in [9.17, 15) is 4.79 Å². The second-order valence-corrected chi connectivity index (χ2v) is 3.74. The quantitative estimate of drug-likeness (QED) is 0.806. The first-order valence-corrected chi connectivity index (χ1v) is 4.87. The molecular formula is C9H7Cl2N3O. The van der Waals surface area contributed by atoms with Crippen LogP contribution in [0.1, 0.15) is 0 Å². The van der Waals surface area contributed by atoms with Crippen molar-refractivity contribution in [3.8, 4) is 5.69 Å². The van der Waals surface area contributed by atoms with Crippen LogP contribution >= 0.6 is 23.2 Å². The van der Waals surface area contributed by atoms with Crippen LogP contribution in [0.25, 0.3) is 5.69 Å². The van der Waals surface area contributed by atoms with Gasteiger partial charge in [0.1, 0.15) is 5.82 Å². The number of H-pyrrole nitrogens is 1. The molecule has 2 rings (SSSR count). The Kier molecular flexibility index (Phi) is 2.46. The van der Waals surface area contributed by atoms with Gasteiger partial charge in [-0.1, -0.05) is 29.3 Å². The first-order valence-electron chi connectivity index (χ1n) is 4.11. The van der Waals surface area contributed by atoms with E-state index in [0.717, 1.165) is 0 Å². The largest absolute Gasteiger partial charge is 0.384 e. The van der Waals surface area contributed by atoms with Crippen LogP contribution in [-0.2, 0) is 0 Å². The van der Waals surface area contributed by atoms with Crippen molar-refractivity contribution >= 4 is 29.0 Å². The first-order chi connectivity index (χ1) is 7.09. The molecule has 78 valence electrons. The maximum absolute atomic E-state index is 11.5. The van der Waals surface area contributed by atoms with Gasteiger partial charge in [-0.05, 0) is 12.1 Å². The number of nitrogen functional groups attached to an aromatic ring is 1. The second kappa shape index (κ2) is 3.64. The maximum Gasteiger partial charge on any atom is 0.273 e. The summed E-state index contributed by atoms with van der Waals surface area (Å²) in [5.41, 5.74) is 5.65. The highest BCUT2D eigenvalue weighted by Gasteiger charge is 2.09. The summed E-state index contributed by atoms with van der Waals surface area (Å²) >= 11 is 11.8. The number of nitrogens with two attached hydrogens (primary N) is 1. The zero-order valence-electron chi connectivity index (χ0n) is 7.50. The van der Waals surface area contributed by atoms with Gasteiger partial charge in [-0.3, -0.25) is 9.89 Å². The van der Waals surface area contributed by atoms with E-state index in [1.807, 2.05) is 0 Å². The molecule has 0 saturated heterocycles. The van der Waals surface area contributed by atoms with Crippen LogP contribution in [0.15, 0.2) is 29.1 Å². The number of aromatic nitrogens is 2. The predicted molar refractivity (Wildman–Crippen MR) is 60.8 cm³/mol. The molecule has 0 spiro atoms. The van der Waals surface area contributed by atoms with E-state index in [-0.39, 0.29) is 11.4 Å². The van der Waals surface area contributed by atoms with Crippen molar-refractivity contribution in [1.29, 1.82) is 0 Å². The molecule has 0 aliphatic carbocycles. The van der Waals surface area contributed by atoms with Crippen LogP contribution in [0.4, 0.5) is 5.82 Å². The molecule has 3 N–H and O–H groups in total. The Balaban J connectivity index is 2.69. The van der Waals surface area contributed by atoms with Gasteiger partial charge in [0.05, 0.1) is 15.7 Å². The van der Waals surface area contributed by atoms with Crippen LogP contribution in [0.3, 0.4) is 0 Å². The van der Waals surface area contributed by atoms with Crippen LogP contribution in [0.5, 0.6) is 0 Å². The van der Waals surface area contributed by atoms with Gasteiger partial charge in [0.15, 0.2) is 0 Å². The lowest BCUT2D eigenvalue weighted by molar-refractivity contribution is 0.854.